The minimum absolute atomic E-state index is 0.175. The first-order valence-corrected chi connectivity index (χ1v) is 5.79. The summed E-state index contributed by atoms with van der Waals surface area (Å²) in [5.41, 5.74) is 0.413. The topological polar surface area (TPSA) is 68.7 Å². The molecular formula is C13H19NO4. The molecule has 5 heteroatoms. The number of aromatic carboxylic acids is 1. The van der Waals surface area contributed by atoms with Gasteiger partial charge in [0.05, 0.1) is 36.7 Å². The molecule has 0 spiro atoms. The SMILES string of the molecule is CC(C)(C)OCCOCc1ncccc1C(=O)O. The molecule has 0 saturated heterocycles. The smallest absolute Gasteiger partial charge is 0.337 e. The van der Waals surface area contributed by atoms with E-state index in [2.05, 4.69) is 4.98 Å². The molecular weight excluding hydrogens is 234 g/mol. The third kappa shape index (κ3) is 5.25. The molecule has 0 saturated carbocycles. The van der Waals surface area contributed by atoms with Gasteiger partial charge in [-0.05, 0) is 32.9 Å². The van der Waals surface area contributed by atoms with Crippen molar-refractivity contribution in [2.24, 2.45) is 0 Å². The molecule has 5 nitrogen and oxygen atoms in total. The molecule has 1 N–H and O–H groups in total. The van der Waals surface area contributed by atoms with E-state index in [1.807, 2.05) is 20.8 Å². The number of pyridine rings is 1. The van der Waals surface area contributed by atoms with Crippen molar-refractivity contribution in [3.63, 3.8) is 0 Å². The van der Waals surface area contributed by atoms with Crippen LogP contribution in [0.2, 0.25) is 0 Å². The third-order valence-electron chi connectivity index (χ3n) is 2.12. The minimum Gasteiger partial charge on any atom is -0.478 e. The molecule has 0 unspecified atom stereocenters. The second-order valence-electron chi connectivity index (χ2n) is 4.82. The number of aromatic nitrogens is 1. The largest absolute Gasteiger partial charge is 0.478 e. The second-order valence-corrected chi connectivity index (χ2v) is 4.82. The molecule has 18 heavy (non-hydrogen) atoms. The predicted molar refractivity (Wildman–Crippen MR) is 66.6 cm³/mol. The molecule has 0 bridgehead atoms. The standard InChI is InChI=1S/C13H19NO4/c1-13(2,3)18-8-7-17-9-11-10(12(15)16)5-4-6-14-11/h4-6H,7-9H2,1-3H3,(H,15,16). The maximum absolute atomic E-state index is 10.9. The monoisotopic (exact) mass is 253 g/mol. The Balaban J connectivity index is 2.38. The fraction of sp³-hybridized carbons (Fsp3) is 0.538. The molecule has 0 fully saturated rings. The first kappa shape index (κ1) is 14.6. The molecule has 1 aromatic heterocycles. The molecule has 1 rings (SSSR count). The Morgan fingerprint density at radius 2 is 2.11 bits per heavy atom. The van der Waals surface area contributed by atoms with Gasteiger partial charge in [-0.2, -0.15) is 0 Å². The molecule has 0 amide bonds. The molecule has 0 radical (unpaired) electrons. The summed E-state index contributed by atoms with van der Waals surface area (Å²) in [4.78, 5) is 14.9. The van der Waals surface area contributed by atoms with Crippen molar-refractivity contribution in [2.45, 2.75) is 33.0 Å². The number of carboxylic acids is 1. The molecule has 0 aliphatic carbocycles. The van der Waals surface area contributed by atoms with Gasteiger partial charge < -0.3 is 14.6 Å². The summed E-state index contributed by atoms with van der Waals surface area (Å²) in [6, 6.07) is 3.11. The normalized spacial score (nSPS) is 11.5. The van der Waals surface area contributed by atoms with E-state index in [-0.39, 0.29) is 17.8 Å². The van der Waals surface area contributed by atoms with Crippen molar-refractivity contribution in [2.75, 3.05) is 13.2 Å². The zero-order valence-corrected chi connectivity index (χ0v) is 11.0. The van der Waals surface area contributed by atoms with Crippen LogP contribution in [0.3, 0.4) is 0 Å². The summed E-state index contributed by atoms with van der Waals surface area (Å²) in [6.45, 7) is 6.96. The van der Waals surface area contributed by atoms with Crippen molar-refractivity contribution in [1.82, 2.24) is 4.98 Å². The van der Waals surface area contributed by atoms with Crippen LogP contribution in [0.5, 0.6) is 0 Å². The lowest BCUT2D eigenvalue weighted by Gasteiger charge is -2.19. The number of hydrogen-bond donors (Lipinski definition) is 1. The van der Waals surface area contributed by atoms with E-state index >= 15 is 0 Å². The fourth-order valence-electron chi connectivity index (χ4n) is 1.32. The highest BCUT2D eigenvalue weighted by atomic mass is 16.5. The Kier molecular flexibility index (Phi) is 5.25. The fourth-order valence-corrected chi connectivity index (χ4v) is 1.32. The lowest BCUT2D eigenvalue weighted by Crippen LogP contribution is -2.21. The van der Waals surface area contributed by atoms with Crippen molar-refractivity contribution in [3.05, 3.63) is 29.6 Å². The van der Waals surface area contributed by atoms with Crippen molar-refractivity contribution >= 4 is 5.97 Å². The average molecular weight is 253 g/mol. The molecule has 0 aliphatic heterocycles. The highest BCUT2D eigenvalue weighted by Gasteiger charge is 2.11. The van der Waals surface area contributed by atoms with Gasteiger partial charge in [-0.3, -0.25) is 4.98 Å². The summed E-state index contributed by atoms with van der Waals surface area (Å²) in [6.07, 6.45) is 1.55. The van der Waals surface area contributed by atoms with Gasteiger partial charge in [0.2, 0.25) is 0 Å². The van der Waals surface area contributed by atoms with Crippen LogP contribution in [0.1, 0.15) is 36.8 Å². The number of carboxylic acid groups (broad SMARTS) is 1. The first-order valence-electron chi connectivity index (χ1n) is 5.79. The minimum atomic E-state index is -0.993. The second kappa shape index (κ2) is 6.47. The van der Waals surface area contributed by atoms with Crippen LogP contribution in [-0.2, 0) is 16.1 Å². The van der Waals surface area contributed by atoms with E-state index in [1.54, 1.807) is 12.3 Å². The Morgan fingerprint density at radius 1 is 1.39 bits per heavy atom. The maximum Gasteiger partial charge on any atom is 0.337 e. The summed E-state index contributed by atoms with van der Waals surface area (Å²) in [7, 11) is 0. The molecule has 0 atom stereocenters. The predicted octanol–water partition coefficient (Wildman–Crippen LogP) is 2.11. The van der Waals surface area contributed by atoms with E-state index in [0.717, 1.165) is 0 Å². The van der Waals surface area contributed by atoms with E-state index in [1.165, 1.54) is 6.07 Å². The Morgan fingerprint density at radius 3 is 2.72 bits per heavy atom. The van der Waals surface area contributed by atoms with Gasteiger partial charge in [0.1, 0.15) is 0 Å². The van der Waals surface area contributed by atoms with E-state index in [0.29, 0.717) is 18.9 Å². The van der Waals surface area contributed by atoms with Crippen LogP contribution < -0.4 is 0 Å². The zero-order chi connectivity index (χ0) is 13.6. The van der Waals surface area contributed by atoms with Crippen LogP contribution in [0.4, 0.5) is 0 Å². The van der Waals surface area contributed by atoms with Gasteiger partial charge >= 0.3 is 5.97 Å². The van der Waals surface area contributed by atoms with Gasteiger partial charge in [0.15, 0.2) is 0 Å². The molecule has 0 aromatic carbocycles. The van der Waals surface area contributed by atoms with Crippen molar-refractivity contribution in [1.29, 1.82) is 0 Å². The van der Waals surface area contributed by atoms with Crippen LogP contribution >= 0.6 is 0 Å². The average Bonchev–Trinajstić information content (AvgIpc) is 2.27. The van der Waals surface area contributed by atoms with Gasteiger partial charge in [0, 0.05) is 6.20 Å². The number of ether oxygens (including phenoxy) is 2. The molecule has 100 valence electrons. The molecule has 1 aromatic rings. The van der Waals surface area contributed by atoms with Crippen molar-refractivity contribution in [3.8, 4) is 0 Å². The first-order chi connectivity index (χ1) is 8.40. The highest BCUT2D eigenvalue weighted by Crippen LogP contribution is 2.08. The summed E-state index contributed by atoms with van der Waals surface area (Å²) < 4.78 is 10.8. The zero-order valence-electron chi connectivity index (χ0n) is 11.0. The van der Waals surface area contributed by atoms with E-state index < -0.39 is 5.97 Å². The van der Waals surface area contributed by atoms with Gasteiger partial charge in [0.25, 0.3) is 0 Å². The summed E-state index contributed by atoms with van der Waals surface area (Å²) in [5.74, 6) is -0.993. The number of rotatable bonds is 6. The Labute approximate surface area is 107 Å². The van der Waals surface area contributed by atoms with Crippen molar-refractivity contribution < 1.29 is 19.4 Å². The van der Waals surface area contributed by atoms with Crippen LogP contribution in [0.15, 0.2) is 18.3 Å². The summed E-state index contributed by atoms with van der Waals surface area (Å²) in [5, 5.41) is 8.95. The van der Waals surface area contributed by atoms with E-state index in [4.69, 9.17) is 14.6 Å². The lowest BCUT2D eigenvalue weighted by atomic mass is 10.2. The quantitative estimate of drug-likeness (QED) is 0.786. The molecule has 1 heterocycles. The lowest BCUT2D eigenvalue weighted by molar-refractivity contribution is -0.0381. The molecule has 0 aliphatic rings. The van der Waals surface area contributed by atoms with Crippen LogP contribution in [0, 0.1) is 0 Å². The Hall–Kier alpha value is -1.46. The van der Waals surface area contributed by atoms with Gasteiger partial charge in [-0.15, -0.1) is 0 Å². The number of carbonyl (C=O) groups is 1. The van der Waals surface area contributed by atoms with Gasteiger partial charge in [-0.25, -0.2) is 4.79 Å². The van der Waals surface area contributed by atoms with Gasteiger partial charge in [-0.1, -0.05) is 0 Å². The Bertz CT molecular complexity index is 398. The van der Waals surface area contributed by atoms with Crippen LogP contribution in [0.25, 0.3) is 0 Å². The van der Waals surface area contributed by atoms with Crippen LogP contribution in [-0.4, -0.2) is 34.9 Å². The maximum atomic E-state index is 10.9. The number of hydrogen-bond acceptors (Lipinski definition) is 4. The highest BCUT2D eigenvalue weighted by molar-refractivity contribution is 5.88. The third-order valence-corrected chi connectivity index (χ3v) is 2.12. The van der Waals surface area contributed by atoms with E-state index in [9.17, 15) is 4.79 Å². The number of nitrogens with zero attached hydrogens (tertiary/aromatic N) is 1. The summed E-state index contributed by atoms with van der Waals surface area (Å²) >= 11 is 0.